The molecule has 1 aromatic rings. The summed E-state index contributed by atoms with van der Waals surface area (Å²) in [7, 11) is 0. The monoisotopic (exact) mass is 274 g/mol. The van der Waals surface area contributed by atoms with Crippen molar-refractivity contribution in [2.45, 2.75) is 32.2 Å². The van der Waals surface area contributed by atoms with E-state index >= 15 is 0 Å². The number of aromatic nitrogens is 1. The molecule has 1 fully saturated rings. The lowest BCUT2D eigenvalue weighted by molar-refractivity contribution is 0.285. The SMILES string of the molecule is CC(Nc1nc(NN)c(Cl)cc1Cl)C1CCC1. The average Bonchev–Trinajstić information content (AvgIpc) is 2.19. The highest BCUT2D eigenvalue weighted by Gasteiger charge is 2.24. The van der Waals surface area contributed by atoms with Crippen LogP contribution in [-0.2, 0) is 0 Å². The molecule has 2 rings (SSSR count). The minimum Gasteiger partial charge on any atom is -0.366 e. The molecule has 0 amide bonds. The molecule has 17 heavy (non-hydrogen) atoms. The molecular weight excluding hydrogens is 259 g/mol. The molecular formula is C11H16Cl2N4. The summed E-state index contributed by atoms with van der Waals surface area (Å²) in [4.78, 5) is 4.26. The van der Waals surface area contributed by atoms with E-state index in [1.54, 1.807) is 6.07 Å². The molecule has 0 saturated heterocycles. The Morgan fingerprint density at radius 3 is 2.53 bits per heavy atom. The Bertz CT molecular complexity index is 407. The van der Waals surface area contributed by atoms with Crippen molar-refractivity contribution in [3.8, 4) is 0 Å². The van der Waals surface area contributed by atoms with Gasteiger partial charge in [-0.3, -0.25) is 0 Å². The van der Waals surface area contributed by atoms with Gasteiger partial charge in [0.15, 0.2) is 5.82 Å². The fourth-order valence-electron chi connectivity index (χ4n) is 1.94. The third kappa shape index (κ3) is 2.76. The molecule has 1 aliphatic carbocycles. The van der Waals surface area contributed by atoms with Crippen LogP contribution >= 0.6 is 23.2 Å². The predicted octanol–water partition coefficient (Wildman–Crippen LogP) is 3.27. The number of rotatable bonds is 4. The van der Waals surface area contributed by atoms with Gasteiger partial charge >= 0.3 is 0 Å². The molecule has 1 aliphatic rings. The Hall–Kier alpha value is -0.710. The number of nitrogens with zero attached hydrogens (tertiary/aromatic N) is 1. The van der Waals surface area contributed by atoms with Crippen molar-refractivity contribution in [1.82, 2.24) is 4.98 Å². The van der Waals surface area contributed by atoms with Gasteiger partial charge in [0, 0.05) is 6.04 Å². The van der Waals surface area contributed by atoms with Crippen LogP contribution in [0.25, 0.3) is 0 Å². The Morgan fingerprint density at radius 2 is 2.00 bits per heavy atom. The molecule has 1 atom stereocenters. The Balaban J connectivity index is 2.13. The average molecular weight is 275 g/mol. The normalized spacial score (nSPS) is 17.4. The van der Waals surface area contributed by atoms with Crippen LogP contribution in [-0.4, -0.2) is 11.0 Å². The first-order valence-electron chi connectivity index (χ1n) is 5.71. The van der Waals surface area contributed by atoms with Crippen molar-refractivity contribution in [2.75, 3.05) is 10.7 Å². The lowest BCUT2D eigenvalue weighted by atomic mass is 9.80. The molecule has 6 heteroatoms. The Kier molecular flexibility index (Phi) is 3.97. The van der Waals surface area contributed by atoms with E-state index in [-0.39, 0.29) is 0 Å². The molecule has 0 spiro atoms. The van der Waals surface area contributed by atoms with Gasteiger partial charge in [0.2, 0.25) is 0 Å². The summed E-state index contributed by atoms with van der Waals surface area (Å²) >= 11 is 12.0. The fraction of sp³-hybridized carbons (Fsp3) is 0.545. The van der Waals surface area contributed by atoms with Crippen LogP contribution < -0.4 is 16.6 Å². The first-order chi connectivity index (χ1) is 8.11. The summed E-state index contributed by atoms with van der Waals surface area (Å²) in [6, 6.07) is 2.00. The van der Waals surface area contributed by atoms with Gasteiger partial charge in [0.25, 0.3) is 0 Å². The van der Waals surface area contributed by atoms with Gasteiger partial charge in [-0.15, -0.1) is 0 Å². The second-order valence-electron chi connectivity index (χ2n) is 4.42. The number of hydrogen-bond acceptors (Lipinski definition) is 4. The molecule has 0 aromatic carbocycles. The molecule has 4 N–H and O–H groups in total. The summed E-state index contributed by atoms with van der Waals surface area (Å²) in [5.74, 6) is 7.09. The van der Waals surface area contributed by atoms with Crippen molar-refractivity contribution in [3.05, 3.63) is 16.1 Å². The van der Waals surface area contributed by atoms with Crippen molar-refractivity contribution >= 4 is 34.8 Å². The van der Waals surface area contributed by atoms with Crippen LogP contribution in [0.1, 0.15) is 26.2 Å². The van der Waals surface area contributed by atoms with Gasteiger partial charge in [-0.2, -0.15) is 0 Å². The molecule has 1 aromatic heterocycles. The van der Waals surface area contributed by atoms with E-state index < -0.39 is 0 Å². The summed E-state index contributed by atoms with van der Waals surface area (Å²) in [6.45, 7) is 2.14. The van der Waals surface area contributed by atoms with Gasteiger partial charge in [-0.1, -0.05) is 29.6 Å². The van der Waals surface area contributed by atoms with Gasteiger partial charge in [0.05, 0.1) is 10.0 Å². The summed E-state index contributed by atoms with van der Waals surface area (Å²) < 4.78 is 0. The highest BCUT2D eigenvalue weighted by Crippen LogP contribution is 2.33. The van der Waals surface area contributed by atoms with Crippen LogP contribution in [0.4, 0.5) is 11.6 Å². The zero-order valence-corrected chi connectivity index (χ0v) is 11.1. The first kappa shape index (κ1) is 12.7. The van der Waals surface area contributed by atoms with Crippen molar-refractivity contribution in [2.24, 2.45) is 11.8 Å². The number of hydrogen-bond donors (Lipinski definition) is 3. The van der Waals surface area contributed by atoms with Crippen LogP contribution in [0.5, 0.6) is 0 Å². The number of hydrazine groups is 1. The first-order valence-corrected chi connectivity index (χ1v) is 6.46. The minimum absolute atomic E-state index is 0.362. The maximum absolute atomic E-state index is 6.09. The summed E-state index contributed by atoms with van der Waals surface area (Å²) in [6.07, 6.45) is 3.84. The molecule has 0 aliphatic heterocycles. The Morgan fingerprint density at radius 1 is 1.35 bits per heavy atom. The number of nitrogen functional groups attached to an aromatic ring is 1. The van der Waals surface area contributed by atoms with E-state index in [2.05, 4.69) is 22.7 Å². The van der Waals surface area contributed by atoms with E-state index in [4.69, 9.17) is 29.0 Å². The van der Waals surface area contributed by atoms with Crippen molar-refractivity contribution in [3.63, 3.8) is 0 Å². The van der Waals surface area contributed by atoms with Gasteiger partial charge in [0.1, 0.15) is 5.82 Å². The molecule has 94 valence electrons. The zero-order chi connectivity index (χ0) is 12.4. The number of nitrogens with two attached hydrogens (primary N) is 1. The molecule has 0 bridgehead atoms. The third-order valence-electron chi connectivity index (χ3n) is 3.29. The zero-order valence-electron chi connectivity index (χ0n) is 9.63. The standard InChI is InChI=1S/C11H16Cl2N4/c1-6(7-3-2-4-7)15-10-8(12)5-9(13)11(16-10)17-14/h5-7H,2-4,14H2,1H3,(H2,15,16,17). The lowest BCUT2D eigenvalue weighted by Crippen LogP contribution is -2.31. The van der Waals surface area contributed by atoms with Crippen LogP contribution in [0.15, 0.2) is 6.07 Å². The van der Waals surface area contributed by atoms with Crippen molar-refractivity contribution in [1.29, 1.82) is 0 Å². The van der Waals surface area contributed by atoms with Gasteiger partial charge in [-0.05, 0) is 31.7 Å². The summed E-state index contributed by atoms with van der Waals surface area (Å²) in [5.41, 5.74) is 2.45. The number of halogens is 2. The fourth-order valence-corrected chi connectivity index (χ4v) is 2.41. The van der Waals surface area contributed by atoms with Crippen LogP contribution in [0, 0.1) is 5.92 Å². The second-order valence-corrected chi connectivity index (χ2v) is 5.23. The summed E-state index contributed by atoms with van der Waals surface area (Å²) in [5, 5.41) is 4.25. The van der Waals surface area contributed by atoms with Gasteiger partial charge in [-0.25, -0.2) is 10.8 Å². The largest absolute Gasteiger partial charge is 0.366 e. The lowest BCUT2D eigenvalue weighted by Gasteiger charge is -2.32. The second kappa shape index (κ2) is 5.29. The molecule has 1 saturated carbocycles. The predicted molar refractivity (Wildman–Crippen MR) is 72.5 cm³/mol. The smallest absolute Gasteiger partial charge is 0.161 e. The van der Waals surface area contributed by atoms with E-state index in [9.17, 15) is 0 Å². The maximum atomic E-state index is 6.09. The molecule has 4 nitrogen and oxygen atoms in total. The van der Waals surface area contributed by atoms with Crippen molar-refractivity contribution < 1.29 is 0 Å². The quantitative estimate of drug-likeness (QED) is 0.583. The topological polar surface area (TPSA) is 63.0 Å². The number of nitrogens with one attached hydrogen (secondary N) is 2. The third-order valence-corrected chi connectivity index (χ3v) is 3.86. The number of anilines is 2. The van der Waals surface area contributed by atoms with Crippen LogP contribution in [0.2, 0.25) is 10.0 Å². The van der Waals surface area contributed by atoms with E-state index in [0.717, 1.165) is 0 Å². The molecule has 1 heterocycles. The molecule has 0 radical (unpaired) electrons. The van der Waals surface area contributed by atoms with E-state index in [1.807, 2.05) is 0 Å². The van der Waals surface area contributed by atoms with Gasteiger partial charge < -0.3 is 10.7 Å². The highest BCUT2D eigenvalue weighted by atomic mass is 35.5. The Labute approximate surface area is 111 Å². The maximum Gasteiger partial charge on any atom is 0.161 e. The molecule has 1 unspecified atom stereocenters. The number of pyridine rings is 1. The van der Waals surface area contributed by atoms with E-state index in [0.29, 0.717) is 33.6 Å². The minimum atomic E-state index is 0.362. The highest BCUT2D eigenvalue weighted by molar-refractivity contribution is 6.37. The van der Waals surface area contributed by atoms with E-state index in [1.165, 1.54) is 19.3 Å². The van der Waals surface area contributed by atoms with Crippen LogP contribution in [0.3, 0.4) is 0 Å².